The first-order chi connectivity index (χ1) is 8.15. The molecular weight excluding hydrogens is 218 g/mol. The number of rotatable bonds is 3. The molecule has 0 radical (unpaired) electrons. The monoisotopic (exact) mass is 237 g/mol. The smallest absolute Gasteiger partial charge is 0.151 e. The number of aryl methyl sites for hydroxylation is 1. The fraction of sp³-hybridized carbons (Fsp3) is 0.583. The average molecular weight is 237 g/mol. The summed E-state index contributed by atoms with van der Waals surface area (Å²) in [5.74, 6) is 0.817. The Morgan fingerprint density at radius 1 is 1.29 bits per heavy atom. The summed E-state index contributed by atoms with van der Waals surface area (Å²) in [6.07, 6.45) is 1.97. The first-order valence-electron chi connectivity index (χ1n) is 5.68. The molecule has 1 fully saturated rings. The van der Waals surface area contributed by atoms with Crippen molar-refractivity contribution in [2.45, 2.75) is 19.1 Å². The Hall–Kier alpha value is -1.33. The zero-order valence-electron chi connectivity index (χ0n) is 10.5. The number of hydrogen-bond acceptors (Lipinski definition) is 5. The number of ether oxygens (including phenoxy) is 2. The second-order valence-electron chi connectivity index (χ2n) is 4.38. The van der Waals surface area contributed by atoms with E-state index in [9.17, 15) is 0 Å². The molecule has 2 N–H and O–H groups in total. The van der Waals surface area contributed by atoms with E-state index in [0.717, 1.165) is 24.5 Å². The summed E-state index contributed by atoms with van der Waals surface area (Å²) in [5.41, 5.74) is 7.76. The van der Waals surface area contributed by atoms with Gasteiger partial charge in [-0.15, -0.1) is 0 Å². The van der Waals surface area contributed by atoms with E-state index < -0.39 is 0 Å². The van der Waals surface area contributed by atoms with E-state index in [0.29, 0.717) is 5.69 Å². The van der Waals surface area contributed by atoms with Crippen LogP contribution in [0.15, 0.2) is 12.3 Å². The lowest BCUT2D eigenvalue weighted by molar-refractivity contribution is -0.00461. The Morgan fingerprint density at radius 3 is 2.35 bits per heavy atom. The van der Waals surface area contributed by atoms with Crippen molar-refractivity contribution in [2.75, 3.05) is 37.9 Å². The number of nitrogens with zero attached hydrogens (tertiary/aromatic N) is 2. The van der Waals surface area contributed by atoms with Crippen molar-refractivity contribution >= 4 is 11.5 Å². The van der Waals surface area contributed by atoms with Gasteiger partial charge in [-0.2, -0.15) is 0 Å². The molecule has 1 saturated heterocycles. The van der Waals surface area contributed by atoms with Crippen LogP contribution < -0.4 is 10.6 Å². The minimum atomic E-state index is 0.0718. The van der Waals surface area contributed by atoms with E-state index in [1.165, 1.54) is 0 Å². The molecule has 1 aromatic heterocycles. The summed E-state index contributed by atoms with van der Waals surface area (Å²) >= 11 is 0. The van der Waals surface area contributed by atoms with Gasteiger partial charge in [0.15, 0.2) is 5.82 Å². The first kappa shape index (κ1) is 12.1. The lowest BCUT2D eigenvalue weighted by Gasteiger charge is -2.18. The van der Waals surface area contributed by atoms with Crippen molar-refractivity contribution < 1.29 is 9.47 Å². The van der Waals surface area contributed by atoms with Gasteiger partial charge in [0.25, 0.3) is 0 Å². The molecule has 2 rings (SSSR count). The molecule has 0 aromatic carbocycles. The molecule has 1 aliphatic rings. The zero-order chi connectivity index (χ0) is 12.4. The lowest BCUT2D eigenvalue weighted by Crippen LogP contribution is -2.27. The van der Waals surface area contributed by atoms with Crippen molar-refractivity contribution in [3.8, 4) is 0 Å². The van der Waals surface area contributed by atoms with Gasteiger partial charge < -0.3 is 20.1 Å². The van der Waals surface area contributed by atoms with E-state index in [2.05, 4.69) is 9.88 Å². The van der Waals surface area contributed by atoms with Gasteiger partial charge in [-0.05, 0) is 18.6 Å². The first-order valence-corrected chi connectivity index (χ1v) is 5.68. The number of methoxy groups -OCH3 is 2. The Labute approximate surface area is 102 Å². The molecule has 2 atom stereocenters. The number of pyridine rings is 1. The van der Waals surface area contributed by atoms with Gasteiger partial charge in [-0.25, -0.2) is 4.98 Å². The number of anilines is 2. The Kier molecular flexibility index (Phi) is 3.49. The van der Waals surface area contributed by atoms with Crippen molar-refractivity contribution in [2.24, 2.45) is 0 Å². The third-order valence-corrected chi connectivity index (χ3v) is 3.15. The maximum absolute atomic E-state index is 5.99. The van der Waals surface area contributed by atoms with Crippen LogP contribution in [0.4, 0.5) is 11.5 Å². The second-order valence-corrected chi connectivity index (χ2v) is 4.38. The average Bonchev–Trinajstić information content (AvgIpc) is 2.72. The normalized spacial score (nSPS) is 24.3. The van der Waals surface area contributed by atoms with Crippen LogP contribution in [0.5, 0.6) is 0 Å². The molecule has 0 bridgehead atoms. The molecule has 0 aliphatic carbocycles. The molecule has 0 amide bonds. The minimum absolute atomic E-state index is 0.0718. The predicted molar refractivity (Wildman–Crippen MR) is 67.2 cm³/mol. The van der Waals surface area contributed by atoms with Crippen molar-refractivity contribution in [1.82, 2.24) is 4.98 Å². The minimum Gasteiger partial charge on any atom is -0.396 e. The Morgan fingerprint density at radius 2 is 1.88 bits per heavy atom. The van der Waals surface area contributed by atoms with Gasteiger partial charge >= 0.3 is 0 Å². The molecule has 2 heterocycles. The highest BCUT2D eigenvalue weighted by molar-refractivity contribution is 5.64. The summed E-state index contributed by atoms with van der Waals surface area (Å²) in [7, 11) is 3.40. The maximum atomic E-state index is 5.99. The number of aromatic nitrogens is 1. The summed E-state index contributed by atoms with van der Waals surface area (Å²) < 4.78 is 10.8. The largest absolute Gasteiger partial charge is 0.396 e. The molecule has 5 heteroatoms. The fourth-order valence-corrected chi connectivity index (χ4v) is 2.22. The SMILES string of the molecule is COC1CN(c2ncc(C)cc2N)CC1OC. The third kappa shape index (κ3) is 2.35. The van der Waals surface area contributed by atoms with Crippen molar-refractivity contribution in [1.29, 1.82) is 0 Å². The third-order valence-electron chi connectivity index (χ3n) is 3.15. The summed E-state index contributed by atoms with van der Waals surface area (Å²) in [5, 5.41) is 0. The molecule has 2 unspecified atom stereocenters. The Bertz CT molecular complexity index is 385. The molecule has 17 heavy (non-hydrogen) atoms. The van der Waals surface area contributed by atoms with E-state index >= 15 is 0 Å². The van der Waals surface area contributed by atoms with Gasteiger partial charge in [-0.1, -0.05) is 0 Å². The molecule has 5 nitrogen and oxygen atoms in total. The second kappa shape index (κ2) is 4.89. The summed E-state index contributed by atoms with van der Waals surface area (Å²) in [6, 6.07) is 1.93. The molecule has 1 aromatic rings. The quantitative estimate of drug-likeness (QED) is 0.843. The van der Waals surface area contributed by atoms with Crippen LogP contribution in [0.1, 0.15) is 5.56 Å². The van der Waals surface area contributed by atoms with Crippen LogP contribution in [0.3, 0.4) is 0 Å². The van der Waals surface area contributed by atoms with Crippen LogP contribution in [-0.2, 0) is 9.47 Å². The number of hydrogen-bond donors (Lipinski definition) is 1. The van der Waals surface area contributed by atoms with Crippen LogP contribution in [0, 0.1) is 6.92 Å². The topological polar surface area (TPSA) is 60.6 Å². The maximum Gasteiger partial charge on any atom is 0.151 e. The summed E-state index contributed by atoms with van der Waals surface area (Å²) in [4.78, 5) is 6.50. The van der Waals surface area contributed by atoms with E-state index in [1.54, 1.807) is 14.2 Å². The highest BCUT2D eigenvalue weighted by Gasteiger charge is 2.34. The number of nitrogen functional groups attached to an aromatic ring is 1. The highest BCUT2D eigenvalue weighted by atomic mass is 16.5. The Balaban J connectivity index is 2.19. The van der Waals surface area contributed by atoms with E-state index in [-0.39, 0.29) is 12.2 Å². The zero-order valence-corrected chi connectivity index (χ0v) is 10.5. The predicted octanol–water partition coefficient (Wildman–Crippen LogP) is 0.822. The van der Waals surface area contributed by atoms with Crippen LogP contribution in [-0.4, -0.2) is 44.5 Å². The fourth-order valence-electron chi connectivity index (χ4n) is 2.22. The van der Waals surface area contributed by atoms with E-state index in [4.69, 9.17) is 15.2 Å². The van der Waals surface area contributed by atoms with Crippen molar-refractivity contribution in [3.05, 3.63) is 17.8 Å². The molecular formula is C12H19N3O2. The lowest BCUT2D eigenvalue weighted by atomic mass is 10.3. The van der Waals surface area contributed by atoms with Crippen molar-refractivity contribution in [3.63, 3.8) is 0 Å². The highest BCUT2D eigenvalue weighted by Crippen LogP contribution is 2.26. The van der Waals surface area contributed by atoms with E-state index in [1.807, 2.05) is 19.2 Å². The van der Waals surface area contributed by atoms with Gasteiger partial charge in [0.05, 0.1) is 5.69 Å². The van der Waals surface area contributed by atoms with Gasteiger partial charge in [0, 0.05) is 33.5 Å². The number of nitrogens with two attached hydrogens (primary N) is 1. The standard InChI is InChI=1S/C12H19N3O2/c1-8-4-9(13)12(14-5-8)15-6-10(16-2)11(7-15)17-3/h4-5,10-11H,6-7,13H2,1-3H3. The molecule has 94 valence electrons. The van der Waals surface area contributed by atoms with Gasteiger partial charge in [0.2, 0.25) is 0 Å². The summed E-state index contributed by atoms with van der Waals surface area (Å²) in [6.45, 7) is 3.50. The molecule has 1 aliphatic heterocycles. The van der Waals surface area contributed by atoms with Gasteiger partial charge in [0.1, 0.15) is 12.2 Å². The molecule has 0 spiro atoms. The molecule has 0 saturated carbocycles. The van der Waals surface area contributed by atoms with Crippen LogP contribution in [0.25, 0.3) is 0 Å². The van der Waals surface area contributed by atoms with Gasteiger partial charge in [-0.3, -0.25) is 0 Å². The van der Waals surface area contributed by atoms with Crippen LogP contribution >= 0.6 is 0 Å². The van der Waals surface area contributed by atoms with Crippen LogP contribution in [0.2, 0.25) is 0 Å².